The Morgan fingerprint density at radius 2 is 1.97 bits per heavy atom. The van der Waals surface area contributed by atoms with Crippen molar-refractivity contribution < 1.29 is 13.2 Å². The van der Waals surface area contributed by atoms with Crippen LogP contribution in [0.2, 0.25) is 0 Å². The van der Waals surface area contributed by atoms with Gasteiger partial charge in [-0.3, -0.25) is 13.9 Å². The fraction of sp³-hybridized carbons (Fsp3) is 0.435. The minimum atomic E-state index is -3.56. The van der Waals surface area contributed by atoms with Crippen LogP contribution in [-0.4, -0.2) is 46.7 Å². The normalized spacial score (nSPS) is 20.2. The molecular formula is C23H26N4O3S. The molecule has 2 aromatic carbocycles. The minimum Gasteiger partial charge on any atom is -0.379 e. The highest BCUT2D eigenvalue weighted by molar-refractivity contribution is 7.94. The van der Waals surface area contributed by atoms with E-state index in [1.165, 1.54) is 17.1 Å². The highest BCUT2D eigenvalue weighted by Crippen LogP contribution is 2.44. The largest absolute Gasteiger partial charge is 0.379 e. The van der Waals surface area contributed by atoms with Crippen LogP contribution in [-0.2, 0) is 27.9 Å². The standard InChI is InChI=1S/C23H26N4O3S/c1-26-22-13-19(12-20(10-16-2-3-16)23(22)25-31(26,28)29)21-11-17(4-5-18(21)14-24)15-27-6-8-30-9-7-27/h4-5,11-13,16,25H,2-3,6-10,15H2,1H3. The fourth-order valence-electron chi connectivity index (χ4n) is 4.37. The number of nitriles is 1. The highest BCUT2D eigenvalue weighted by atomic mass is 32.2. The molecule has 1 N–H and O–H groups in total. The molecule has 0 bridgehead atoms. The van der Waals surface area contributed by atoms with Gasteiger partial charge in [0.1, 0.15) is 0 Å². The SMILES string of the molecule is CN1c2cc(-c3cc(CN4CCOCC4)ccc3C#N)cc(CC3CC3)c2NS1(=O)=O. The predicted octanol–water partition coefficient (Wildman–Crippen LogP) is 3.12. The van der Waals surface area contributed by atoms with Gasteiger partial charge in [-0.2, -0.15) is 13.7 Å². The zero-order valence-corrected chi connectivity index (χ0v) is 18.4. The molecule has 1 aliphatic carbocycles. The summed E-state index contributed by atoms with van der Waals surface area (Å²) in [5.74, 6) is 0.609. The second-order valence-corrected chi connectivity index (χ2v) is 10.3. The minimum absolute atomic E-state index is 0.597. The van der Waals surface area contributed by atoms with Crippen molar-refractivity contribution in [1.29, 1.82) is 5.26 Å². The fourth-order valence-corrected chi connectivity index (χ4v) is 5.41. The van der Waals surface area contributed by atoms with Gasteiger partial charge in [0.15, 0.2) is 0 Å². The van der Waals surface area contributed by atoms with Gasteiger partial charge < -0.3 is 4.74 Å². The molecule has 2 heterocycles. The summed E-state index contributed by atoms with van der Waals surface area (Å²) in [5.41, 5.74) is 5.81. The molecule has 8 heteroatoms. The first kappa shape index (κ1) is 20.3. The number of anilines is 2. The van der Waals surface area contributed by atoms with E-state index in [9.17, 15) is 13.7 Å². The number of morpholine rings is 1. The Balaban J connectivity index is 1.57. The van der Waals surface area contributed by atoms with Crippen LogP contribution in [0.3, 0.4) is 0 Å². The van der Waals surface area contributed by atoms with E-state index in [2.05, 4.69) is 27.8 Å². The second kappa shape index (κ2) is 7.83. The summed E-state index contributed by atoms with van der Waals surface area (Å²) in [7, 11) is -2.00. The summed E-state index contributed by atoms with van der Waals surface area (Å²) in [4.78, 5) is 2.35. The van der Waals surface area contributed by atoms with E-state index in [-0.39, 0.29) is 0 Å². The molecule has 2 aromatic rings. The van der Waals surface area contributed by atoms with Gasteiger partial charge in [-0.25, -0.2) is 0 Å². The number of nitrogens with one attached hydrogen (secondary N) is 1. The molecule has 0 aromatic heterocycles. The Kier molecular flexibility index (Phi) is 5.13. The van der Waals surface area contributed by atoms with Crippen molar-refractivity contribution in [3.05, 3.63) is 47.0 Å². The van der Waals surface area contributed by atoms with Crippen LogP contribution < -0.4 is 9.03 Å². The molecule has 0 unspecified atom stereocenters. The Morgan fingerprint density at radius 3 is 2.68 bits per heavy atom. The van der Waals surface area contributed by atoms with Crippen molar-refractivity contribution in [3.63, 3.8) is 0 Å². The first-order chi connectivity index (χ1) is 14.9. The number of rotatable bonds is 5. The Morgan fingerprint density at radius 1 is 1.19 bits per heavy atom. The van der Waals surface area contributed by atoms with Crippen LogP contribution >= 0.6 is 0 Å². The maximum Gasteiger partial charge on any atom is 0.323 e. The van der Waals surface area contributed by atoms with Gasteiger partial charge >= 0.3 is 10.2 Å². The van der Waals surface area contributed by atoms with Gasteiger partial charge in [0, 0.05) is 26.7 Å². The number of fused-ring (bicyclic) bond motifs is 1. The molecule has 1 saturated heterocycles. The lowest BCUT2D eigenvalue weighted by Crippen LogP contribution is -2.35. The van der Waals surface area contributed by atoms with Crippen molar-refractivity contribution in [2.45, 2.75) is 25.8 Å². The third kappa shape index (κ3) is 4.01. The third-order valence-corrected chi connectivity index (χ3v) is 7.74. The maximum absolute atomic E-state index is 12.5. The van der Waals surface area contributed by atoms with E-state index in [0.717, 1.165) is 61.5 Å². The average Bonchev–Trinajstić information content (AvgIpc) is 3.55. The lowest BCUT2D eigenvalue weighted by molar-refractivity contribution is 0.0342. The van der Waals surface area contributed by atoms with Gasteiger partial charge in [-0.05, 0) is 71.7 Å². The second-order valence-electron chi connectivity index (χ2n) is 8.63. The summed E-state index contributed by atoms with van der Waals surface area (Å²) in [6.07, 6.45) is 3.21. The van der Waals surface area contributed by atoms with E-state index in [1.54, 1.807) is 7.05 Å². The first-order valence-corrected chi connectivity index (χ1v) is 12.2. The summed E-state index contributed by atoms with van der Waals surface area (Å²) in [6, 6.07) is 12.2. The summed E-state index contributed by atoms with van der Waals surface area (Å²) in [5, 5.41) is 9.75. The van der Waals surface area contributed by atoms with Crippen molar-refractivity contribution in [3.8, 4) is 17.2 Å². The number of nitrogens with zero attached hydrogens (tertiary/aromatic N) is 3. The summed E-state index contributed by atoms with van der Waals surface area (Å²) >= 11 is 0. The molecule has 2 aliphatic heterocycles. The molecule has 0 amide bonds. The van der Waals surface area contributed by atoms with Gasteiger partial charge in [-0.1, -0.05) is 6.07 Å². The van der Waals surface area contributed by atoms with Gasteiger partial charge in [0.05, 0.1) is 36.2 Å². The Bertz CT molecular complexity index is 1160. The van der Waals surface area contributed by atoms with Gasteiger partial charge in [-0.15, -0.1) is 0 Å². The Labute approximate surface area is 183 Å². The molecule has 0 radical (unpaired) electrons. The number of ether oxygens (including phenoxy) is 1. The molecule has 2 fully saturated rings. The maximum atomic E-state index is 12.5. The molecule has 162 valence electrons. The van der Waals surface area contributed by atoms with Crippen LogP contribution in [0.25, 0.3) is 11.1 Å². The van der Waals surface area contributed by atoms with Crippen LogP contribution in [0.15, 0.2) is 30.3 Å². The van der Waals surface area contributed by atoms with Crippen LogP contribution in [0, 0.1) is 17.2 Å². The van der Waals surface area contributed by atoms with Crippen molar-refractivity contribution in [1.82, 2.24) is 4.90 Å². The molecule has 0 spiro atoms. The van der Waals surface area contributed by atoms with E-state index < -0.39 is 10.2 Å². The van der Waals surface area contributed by atoms with Crippen molar-refractivity contribution in [2.24, 2.45) is 5.92 Å². The van der Waals surface area contributed by atoms with E-state index in [1.807, 2.05) is 18.2 Å². The van der Waals surface area contributed by atoms with Crippen molar-refractivity contribution >= 4 is 21.6 Å². The average molecular weight is 439 g/mol. The topological polar surface area (TPSA) is 85.7 Å². The third-order valence-electron chi connectivity index (χ3n) is 6.36. The lowest BCUT2D eigenvalue weighted by atomic mass is 9.93. The van der Waals surface area contributed by atoms with E-state index in [4.69, 9.17) is 4.74 Å². The number of hydrogen-bond acceptors (Lipinski definition) is 5. The monoisotopic (exact) mass is 438 g/mol. The zero-order chi connectivity index (χ0) is 21.6. The number of benzene rings is 2. The Hall–Kier alpha value is -2.60. The highest BCUT2D eigenvalue weighted by Gasteiger charge is 2.34. The molecular weight excluding hydrogens is 412 g/mol. The summed E-state index contributed by atoms with van der Waals surface area (Å²) in [6.45, 7) is 4.08. The molecule has 0 atom stereocenters. The zero-order valence-electron chi connectivity index (χ0n) is 17.6. The smallest absolute Gasteiger partial charge is 0.323 e. The van der Waals surface area contributed by atoms with Crippen LogP contribution in [0.5, 0.6) is 0 Å². The molecule has 1 saturated carbocycles. The lowest BCUT2D eigenvalue weighted by Gasteiger charge is -2.26. The van der Waals surface area contributed by atoms with Gasteiger partial charge in [0.2, 0.25) is 0 Å². The summed E-state index contributed by atoms with van der Waals surface area (Å²) < 4.78 is 34.4. The molecule has 31 heavy (non-hydrogen) atoms. The molecule has 3 aliphatic rings. The number of hydrogen-bond donors (Lipinski definition) is 1. The quantitative estimate of drug-likeness (QED) is 0.775. The van der Waals surface area contributed by atoms with Crippen molar-refractivity contribution in [2.75, 3.05) is 42.4 Å². The molecule has 5 rings (SSSR count). The van der Waals surface area contributed by atoms with Gasteiger partial charge in [0.25, 0.3) is 0 Å². The van der Waals surface area contributed by atoms with E-state index >= 15 is 0 Å². The molecule has 7 nitrogen and oxygen atoms in total. The first-order valence-electron chi connectivity index (χ1n) is 10.7. The predicted molar refractivity (Wildman–Crippen MR) is 120 cm³/mol. The van der Waals surface area contributed by atoms with Crippen LogP contribution in [0.1, 0.15) is 29.5 Å². The van der Waals surface area contributed by atoms with E-state index in [0.29, 0.717) is 22.9 Å². The van der Waals surface area contributed by atoms with Crippen LogP contribution in [0.4, 0.5) is 11.4 Å².